The Labute approximate surface area is 130 Å². The third kappa shape index (κ3) is 3.80. The molecule has 0 aromatic heterocycles. The van der Waals surface area contributed by atoms with Crippen LogP contribution in [0.1, 0.15) is 22.8 Å². The van der Waals surface area contributed by atoms with Crippen LogP contribution in [-0.2, 0) is 0 Å². The smallest absolute Gasteiger partial charge is 0.159 e. The normalized spacial score (nSPS) is 12.3. The van der Waals surface area contributed by atoms with E-state index in [-0.39, 0.29) is 6.54 Å². The van der Waals surface area contributed by atoms with Crippen molar-refractivity contribution >= 4 is 21.6 Å². The predicted molar refractivity (Wildman–Crippen MR) is 83.4 cm³/mol. The van der Waals surface area contributed by atoms with Crippen LogP contribution >= 0.6 is 15.9 Å². The largest absolute Gasteiger partial charge is 0.387 e. The first-order chi connectivity index (χ1) is 9.88. The predicted octanol–water partition coefficient (Wildman–Crippen LogP) is 4.49. The van der Waals surface area contributed by atoms with E-state index in [1.165, 1.54) is 6.07 Å². The molecule has 0 aliphatic rings. The van der Waals surface area contributed by atoms with E-state index in [9.17, 15) is 13.9 Å². The molecule has 112 valence electrons. The van der Waals surface area contributed by atoms with Crippen molar-refractivity contribution in [2.75, 3.05) is 11.9 Å². The Bertz CT molecular complexity index is 638. The highest BCUT2D eigenvalue weighted by atomic mass is 79.9. The molecule has 0 saturated heterocycles. The van der Waals surface area contributed by atoms with Gasteiger partial charge >= 0.3 is 0 Å². The number of aliphatic hydroxyl groups is 1. The van der Waals surface area contributed by atoms with E-state index < -0.39 is 17.7 Å². The van der Waals surface area contributed by atoms with E-state index in [1.54, 1.807) is 0 Å². The van der Waals surface area contributed by atoms with Crippen molar-refractivity contribution in [2.45, 2.75) is 20.0 Å². The third-order valence-corrected chi connectivity index (χ3v) is 3.86. The van der Waals surface area contributed by atoms with Gasteiger partial charge in [-0.05, 0) is 64.7 Å². The van der Waals surface area contributed by atoms with Gasteiger partial charge < -0.3 is 10.4 Å². The molecular formula is C16H16BrF2NO. The lowest BCUT2D eigenvalue weighted by Gasteiger charge is -2.16. The fourth-order valence-corrected chi connectivity index (χ4v) is 2.99. The number of benzene rings is 2. The Morgan fingerprint density at radius 3 is 2.48 bits per heavy atom. The maximum Gasteiger partial charge on any atom is 0.159 e. The fourth-order valence-electron chi connectivity index (χ4n) is 2.18. The summed E-state index contributed by atoms with van der Waals surface area (Å²) in [5.74, 6) is -1.88. The van der Waals surface area contributed by atoms with Gasteiger partial charge in [-0.15, -0.1) is 0 Å². The Morgan fingerprint density at radius 1 is 1.14 bits per heavy atom. The molecule has 0 bridgehead atoms. The van der Waals surface area contributed by atoms with E-state index in [0.717, 1.165) is 33.4 Å². The van der Waals surface area contributed by atoms with Crippen LogP contribution < -0.4 is 5.32 Å². The molecule has 21 heavy (non-hydrogen) atoms. The van der Waals surface area contributed by atoms with Crippen LogP contribution in [0.4, 0.5) is 14.5 Å². The molecule has 2 nitrogen and oxygen atoms in total. The Hall–Kier alpha value is -1.46. The van der Waals surface area contributed by atoms with Gasteiger partial charge in [-0.1, -0.05) is 12.1 Å². The SMILES string of the molecule is Cc1cc(C)c(NCC(O)c2ccc(F)c(F)c2)c(Br)c1. The van der Waals surface area contributed by atoms with Gasteiger partial charge in [-0.2, -0.15) is 0 Å². The maximum atomic E-state index is 13.2. The topological polar surface area (TPSA) is 32.3 Å². The van der Waals surface area contributed by atoms with Crippen molar-refractivity contribution in [3.63, 3.8) is 0 Å². The zero-order valence-electron chi connectivity index (χ0n) is 11.8. The molecule has 0 amide bonds. The second kappa shape index (κ2) is 6.54. The highest BCUT2D eigenvalue weighted by Gasteiger charge is 2.12. The molecule has 0 aliphatic heterocycles. The summed E-state index contributed by atoms with van der Waals surface area (Å²) in [5, 5.41) is 13.2. The van der Waals surface area contributed by atoms with Crippen LogP contribution in [0.15, 0.2) is 34.8 Å². The lowest BCUT2D eigenvalue weighted by molar-refractivity contribution is 0.191. The van der Waals surface area contributed by atoms with E-state index >= 15 is 0 Å². The molecule has 0 heterocycles. The molecule has 0 spiro atoms. The first kappa shape index (κ1) is 15.9. The molecule has 1 atom stereocenters. The molecule has 2 aromatic rings. The zero-order chi connectivity index (χ0) is 15.6. The van der Waals surface area contributed by atoms with E-state index in [4.69, 9.17) is 0 Å². The molecule has 2 rings (SSSR count). The van der Waals surface area contributed by atoms with Gasteiger partial charge in [0.05, 0.1) is 11.8 Å². The van der Waals surface area contributed by atoms with E-state index in [1.807, 2.05) is 26.0 Å². The second-order valence-corrected chi connectivity index (χ2v) is 5.86. The summed E-state index contributed by atoms with van der Waals surface area (Å²) >= 11 is 3.47. The van der Waals surface area contributed by atoms with Crippen LogP contribution in [0.3, 0.4) is 0 Å². The fraction of sp³-hybridized carbons (Fsp3) is 0.250. The number of nitrogens with one attached hydrogen (secondary N) is 1. The monoisotopic (exact) mass is 355 g/mol. The molecule has 0 radical (unpaired) electrons. The average molecular weight is 356 g/mol. The molecule has 2 aromatic carbocycles. The van der Waals surface area contributed by atoms with Gasteiger partial charge in [-0.25, -0.2) is 8.78 Å². The second-order valence-electron chi connectivity index (χ2n) is 5.01. The number of aryl methyl sites for hydroxylation is 2. The lowest BCUT2D eigenvalue weighted by Crippen LogP contribution is -2.13. The van der Waals surface area contributed by atoms with Crippen LogP contribution in [0, 0.1) is 25.5 Å². The van der Waals surface area contributed by atoms with E-state index in [2.05, 4.69) is 21.2 Å². The van der Waals surface area contributed by atoms with Gasteiger partial charge in [0.15, 0.2) is 11.6 Å². The van der Waals surface area contributed by atoms with E-state index in [0.29, 0.717) is 5.56 Å². The summed E-state index contributed by atoms with van der Waals surface area (Å²) in [6, 6.07) is 7.40. The van der Waals surface area contributed by atoms with Gasteiger partial charge in [0.2, 0.25) is 0 Å². The van der Waals surface area contributed by atoms with Crippen molar-refractivity contribution < 1.29 is 13.9 Å². The zero-order valence-corrected chi connectivity index (χ0v) is 13.3. The Morgan fingerprint density at radius 2 is 1.86 bits per heavy atom. The minimum atomic E-state index is -0.959. The van der Waals surface area contributed by atoms with Crippen LogP contribution in [-0.4, -0.2) is 11.7 Å². The summed E-state index contributed by atoms with van der Waals surface area (Å²) in [4.78, 5) is 0. The molecular weight excluding hydrogens is 340 g/mol. The molecule has 0 saturated carbocycles. The van der Waals surface area contributed by atoms with Crippen LogP contribution in [0.5, 0.6) is 0 Å². The average Bonchev–Trinajstić information content (AvgIpc) is 2.40. The van der Waals surface area contributed by atoms with Crippen molar-refractivity contribution in [3.8, 4) is 0 Å². The summed E-state index contributed by atoms with van der Waals surface area (Å²) in [7, 11) is 0. The summed E-state index contributed by atoms with van der Waals surface area (Å²) in [5.41, 5.74) is 3.38. The van der Waals surface area contributed by atoms with Crippen molar-refractivity contribution in [3.05, 3.63) is 63.1 Å². The molecule has 5 heteroatoms. The maximum absolute atomic E-state index is 13.2. The number of anilines is 1. The summed E-state index contributed by atoms with van der Waals surface area (Å²) < 4.78 is 26.9. The van der Waals surface area contributed by atoms with Gasteiger partial charge in [-0.3, -0.25) is 0 Å². The first-order valence-electron chi connectivity index (χ1n) is 6.52. The highest BCUT2D eigenvalue weighted by Crippen LogP contribution is 2.28. The first-order valence-corrected chi connectivity index (χ1v) is 7.31. The van der Waals surface area contributed by atoms with Crippen molar-refractivity contribution in [2.24, 2.45) is 0 Å². The quantitative estimate of drug-likeness (QED) is 0.846. The molecule has 2 N–H and O–H groups in total. The Balaban J connectivity index is 2.11. The van der Waals surface area contributed by atoms with Crippen molar-refractivity contribution in [1.82, 2.24) is 0 Å². The Kier molecular flexibility index (Phi) is 4.96. The number of rotatable bonds is 4. The number of aliphatic hydroxyl groups excluding tert-OH is 1. The number of hydrogen-bond donors (Lipinski definition) is 2. The molecule has 1 unspecified atom stereocenters. The number of halogens is 3. The summed E-state index contributed by atoms with van der Waals surface area (Å²) in [6.45, 7) is 4.16. The third-order valence-electron chi connectivity index (χ3n) is 3.23. The molecule has 0 aliphatic carbocycles. The van der Waals surface area contributed by atoms with Gasteiger partial charge in [0.1, 0.15) is 0 Å². The lowest BCUT2D eigenvalue weighted by atomic mass is 10.1. The standard InChI is InChI=1S/C16H16BrF2NO/c1-9-5-10(2)16(12(17)6-9)20-8-15(21)11-3-4-13(18)14(19)7-11/h3-7,15,20-21H,8H2,1-2H3. The van der Waals surface area contributed by atoms with Crippen molar-refractivity contribution in [1.29, 1.82) is 0 Å². The molecule has 0 fully saturated rings. The highest BCUT2D eigenvalue weighted by molar-refractivity contribution is 9.10. The minimum absolute atomic E-state index is 0.202. The van der Waals surface area contributed by atoms with Crippen LogP contribution in [0.25, 0.3) is 0 Å². The van der Waals surface area contributed by atoms with Gasteiger partial charge in [0, 0.05) is 11.0 Å². The summed E-state index contributed by atoms with van der Waals surface area (Å²) in [6.07, 6.45) is -0.923. The number of hydrogen-bond acceptors (Lipinski definition) is 2. The van der Waals surface area contributed by atoms with Gasteiger partial charge in [0.25, 0.3) is 0 Å². The van der Waals surface area contributed by atoms with Crippen LogP contribution in [0.2, 0.25) is 0 Å². The minimum Gasteiger partial charge on any atom is -0.387 e.